The minimum Gasteiger partial charge on any atom is -0.393 e. The Morgan fingerprint density at radius 2 is 2.20 bits per heavy atom. The van der Waals surface area contributed by atoms with E-state index in [1.165, 1.54) is 30.5 Å². The molecule has 0 aliphatic heterocycles. The smallest absolute Gasteiger partial charge is 0.0574 e. The third-order valence-electron chi connectivity index (χ3n) is 4.05. The van der Waals surface area contributed by atoms with Crippen LogP contribution in [0.25, 0.3) is 0 Å². The first-order valence-corrected chi connectivity index (χ1v) is 5.98. The highest BCUT2D eigenvalue weighted by Gasteiger charge is 2.37. The summed E-state index contributed by atoms with van der Waals surface area (Å²) < 4.78 is 0. The summed E-state index contributed by atoms with van der Waals surface area (Å²) in [6, 6.07) is 4.20. The molecule has 2 aliphatic carbocycles. The van der Waals surface area contributed by atoms with Crippen LogP contribution in [0.1, 0.15) is 42.9 Å². The Morgan fingerprint density at radius 3 is 3.00 bits per heavy atom. The fourth-order valence-electron chi connectivity index (χ4n) is 3.30. The third kappa shape index (κ3) is 1.48. The van der Waals surface area contributed by atoms with Crippen LogP contribution in [0.2, 0.25) is 0 Å². The van der Waals surface area contributed by atoms with E-state index in [1.54, 1.807) is 0 Å². The minimum atomic E-state index is -0.0806. The number of aliphatic hydroxyl groups is 1. The monoisotopic (exact) mass is 203 g/mol. The molecule has 0 saturated heterocycles. The maximum absolute atomic E-state index is 9.95. The Kier molecular flexibility index (Phi) is 2.24. The van der Waals surface area contributed by atoms with Crippen molar-refractivity contribution < 1.29 is 5.11 Å². The van der Waals surface area contributed by atoms with Gasteiger partial charge in [0, 0.05) is 17.8 Å². The quantitative estimate of drug-likeness (QED) is 0.759. The summed E-state index contributed by atoms with van der Waals surface area (Å²) in [6.45, 7) is 0. The van der Waals surface area contributed by atoms with Crippen LogP contribution < -0.4 is 0 Å². The molecule has 0 bridgehead atoms. The van der Waals surface area contributed by atoms with Crippen molar-refractivity contribution >= 4 is 0 Å². The zero-order valence-corrected chi connectivity index (χ0v) is 8.89. The number of pyridine rings is 1. The maximum atomic E-state index is 9.95. The van der Waals surface area contributed by atoms with Crippen molar-refractivity contribution in [1.82, 2.24) is 4.98 Å². The zero-order valence-electron chi connectivity index (χ0n) is 8.89. The topological polar surface area (TPSA) is 33.1 Å². The van der Waals surface area contributed by atoms with E-state index in [2.05, 4.69) is 11.1 Å². The second-order valence-corrected chi connectivity index (χ2v) is 4.86. The van der Waals surface area contributed by atoms with Gasteiger partial charge in [-0.05, 0) is 43.2 Å². The van der Waals surface area contributed by atoms with Crippen LogP contribution in [0.5, 0.6) is 0 Å². The first kappa shape index (κ1) is 9.34. The predicted octanol–water partition coefficient (Wildman–Crippen LogP) is 2.27. The van der Waals surface area contributed by atoms with Crippen LogP contribution in [0.4, 0.5) is 0 Å². The Bertz CT molecular complexity index is 363. The van der Waals surface area contributed by atoms with E-state index >= 15 is 0 Å². The molecule has 1 saturated carbocycles. The highest BCUT2D eigenvalue weighted by Crippen LogP contribution is 2.43. The number of fused-ring (bicyclic) bond motifs is 1. The first-order chi connectivity index (χ1) is 7.36. The Morgan fingerprint density at radius 1 is 1.27 bits per heavy atom. The molecule has 1 N–H and O–H groups in total. The molecule has 2 aliphatic rings. The second kappa shape index (κ2) is 3.60. The summed E-state index contributed by atoms with van der Waals surface area (Å²) >= 11 is 0. The average molecular weight is 203 g/mol. The van der Waals surface area contributed by atoms with Crippen molar-refractivity contribution in [3.05, 3.63) is 29.6 Å². The van der Waals surface area contributed by atoms with E-state index in [1.807, 2.05) is 12.3 Å². The van der Waals surface area contributed by atoms with Crippen LogP contribution >= 0.6 is 0 Å². The van der Waals surface area contributed by atoms with E-state index in [9.17, 15) is 5.11 Å². The largest absolute Gasteiger partial charge is 0.393 e. The Hall–Kier alpha value is -0.890. The summed E-state index contributed by atoms with van der Waals surface area (Å²) in [5.74, 6) is 1.000. The molecule has 3 unspecified atom stereocenters. The molecule has 15 heavy (non-hydrogen) atoms. The van der Waals surface area contributed by atoms with Gasteiger partial charge in [-0.25, -0.2) is 0 Å². The number of hydrogen-bond donors (Lipinski definition) is 1. The van der Waals surface area contributed by atoms with Crippen LogP contribution in [0.3, 0.4) is 0 Å². The average Bonchev–Trinajstić information content (AvgIpc) is 2.83. The molecule has 80 valence electrons. The fraction of sp³-hybridized carbons (Fsp3) is 0.615. The molecule has 1 aromatic heterocycles. The van der Waals surface area contributed by atoms with Crippen molar-refractivity contribution in [3.63, 3.8) is 0 Å². The van der Waals surface area contributed by atoms with Gasteiger partial charge in [-0.1, -0.05) is 12.5 Å². The number of rotatable bonds is 1. The van der Waals surface area contributed by atoms with Crippen molar-refractivity contribution in [2.24, 2.45) is 5.92 Å². The van der Waals surface area contributed by atoms with E-state index in [0.29, 0.717) is 11.8 Å². The number of nitrogens with zero attached hydrogens (tertiary/aromatic N) is 1. The van der Waals surface area contributed by atoms with Crippen molar-refractivity contribution in [2.75, 3.05) is 0 Å². The van der Waals surface area contributed by atoms with Crippen molar-refractivity contribution in [2.45, 2.75) is 44.1 Å². The lowest BCUT2D eigenvalue weighted by Gasteiger charge is -2.21. The van der Waals surface area contributed by atoms with Gasteiger partial charge in [0.25, 0.3) is 0 Å². The Labute approximate surface area is 90.4 Å². The summed E-state index contributed by atoms with van der Waals surface area (Å²) in [4.78, 5) is 4.51. The minimum absolute atomic E-state index is 0.0806. The standard InChI is InChI=1S/C13H17NO/c15-12-5-1-4-10(12)11-7-6-9-3-2-8-14-13(9)11/h2-3,8,10-12,15H,1,4-7H2. The summed E-state index contributed by atoms with van der Waals surface area (Å²) in [5.41, 5.74) is 2.67. The second-order valence-electron chi connectivity index (χ2n) is 4.86. The van der Waals surface area contributed by atoms with Gasteiger partial charge in [0.15, 0.2) is 0 Å². The number of aromatic nitrogens is 1. The SMILES string of the molecule is OC1CCCC1C1CCc2cccnc21. The van der Waals surface area contributed by atoms with E-state index in [0.717, 1.165) is 12.8 Å². The zero-order chi connectivity index (χ0) is 10.3. The molecule has 0 spiro atoms. The van der Waals surface area contributed by atoms with Crippen molar-refractivity contribution in [3.8, 4) is 0 Å². The van der Waals surface area contributed by atoms with Gasteiger partial charge in [0.1, 0.15) is 0 Å². The molecule has 3 rings (SSSR count). The number of aryl methyl sites for hydroxylation is 1. The van der Waals surface area contributed by atoms with Crippen LogP contribution in [0, 0.1) is 5.92 Å². The van der Waals surface area contributed by atoms with Crippen LogP contribution in [0.15, 0.2) is 18.3 Å². The summed E-state index contributed by atoms with van der Waals surface area (Å²) in [5, 5.41) is 9.95. The van der Waals surface area contributed by atoms with E-state index < -0.39 is 0 Å². The van der Waals surface area contributed by atoms with Gasteiger partial charge in [-0.3, -0.25) is 4.98 Å². The van der Waals surface area contributed by atoms with E-state index in [-0.39, 0.29) is 6.10 Å². The summed E-state index contributed by atoms with van der Waals surface area (Å²) in [6.07, 6.45) is 7.50. The molecule has 1 fully saturated rings. The molecule has 1 heterocycles. The normalized spacial score (nSPS) is 34.3. The molecule has 1 aromatic rings. The van der Waals surface area contributed by atoms with Gasteiger partial charge in [0.05, 0.1) is 6.10 Å². The lowest BCUT2D eigenvalue weighted by molar-refractivity contribution is 0.116. The van der Waals surface area contributed by atoms with Gasteiger partial charge >= 0.3 is 0 Å². The van der Waals surface area contributed by atoms with Crippen LogP contribution in [-0.4, -0.2) is 16.2 Å². The predicted molar refractivity (Wildman–Crippen MR) is 58.6 cm³/mol. The maximum Gasteiger partial charge on any atom is 0.0574 e. The number of hydrogen-bond acceptors (Lipinski definition) is 2. The van der Waals surface area contributed by atoms with Gasteiger partial charge < -0.3 is 5.11 Å². The molecule has 3 atom stereocenters. The Balaban J connectivity index is 1.90. The fourth-order valence-corrected chi connectivity index (χ4v) is 3.30. The first-order valence-electron chi connectivity index (χ1n) is 5.98. The van der Waals surface area contributed by atoms with Gasteiger partial charge in [-0.2, -0.15) is 0 Å². The highest BCUT2D eigenvalue weighted by atomic mass is 16.3. The molecule has 2 nitrogen and oxygen atoms in total. The van der Waals surface area contributed by atoms with Gasteiger partial charge in [0.2, 0.25) is 0 Å². The molecular weight excluding hydrogens is 186 g/mol. The molecule has 0 amide bonds. The highest BCUT2D eigenvalue weighted by molar-refractivity contribution is 5.29. The van der Waals surface area contributed by atoms with E-state index in [4.69, 9.17) is 0 Å². The summed E-state index contributed by atoms with van der Waals surface area (Å²) in [7, 11) is 0. The van der Waals surface area contributed by atoms with Gasteiger partial charge in [-0.15, -0.1) is 0 Å². The molecular formula is C13H17NO. The lowest BCUT2D eigenvalue weighted by Crippen LogP contribution is -2.20. The lowest BCUT2D eigenvalue weighted by atomic mass is 9.87. The molecule has 0 aromatic carbocycles. The molecule has 2 heteroatoms. The van der Waals surface area contributed by atoms with Crippen molar-refractivity contribution in [1.29, 1.82) is 0 Å². The third-order valence-corrected chi connectivity index (χ3v) is 4.05. The number of aliphatic hydroxyl groups excluding tert-OH is 1. The van der Waals surface area contributed by atoms with Crippen LogP contribution in [-0.2, 0) is 6.42 Å². The molecule has 0 radical (unpaired) electrons.